The van der Waals surface area contributed by atoms with E-state index in [0.29, 0.717) is 17.4 Å². The average molecular weight is 145 g/mol. The van der Waals surface area contributed by atoms with Crippen molar-refractivity contribution in [2.24, 2.45) is 0 Å². The van der Waals surface area contributed by atoms with E-state index in [2.05, 4.69) is 0 Å². The molecular weight excluding hydrogens is 132 g/mol. The van der Waals surface area contributed by atoms with Crippen molar-refractivity contribution >= 4 is 6.41 Å². The number of amides is 1. The van der Waals surface area contributed by atoms with Crippen molar-refractivity contribution < 1.29 is 14.5 Å². The fourth-order valence-corrected chi connectivity index (χ4v) is 1.24. The minimum atomic E-state index is -0.590. The Kier molecular flexibility index (Phi) is 1.66. The molecule has 4 heteroatoms. The van der Waals surface area contributed by atoms with E-state index in [1.165, 1.54) is 5.01 Å². The van der Waals surface area contributed by atoms with E-state index in [-0.39, 0.29) is 0 Å². The second-order valence-corrected chi connectivity index (χ2v) is 3.10. The van der Waals surface area contributed by atoms with Gasteiger partial charge in [-0.1, -0.05) is 0 Å². The maximum atomic E-state index is 10.4. The van der Waals surface area contributed by atoms with Crippen molar-refractivity contribution in [3.8, 4) is 0 Å². The Morgan fingerprint density at radius 3 is 2.50 bits per heavy atom. The topological polar surface area (TPSA) is 40.5 Å². The normalized spacial score (nSPS) is 30.7. The SMILES string of the molecule is C[N+]1(C)CC[C@@H](O)N1C=O. The van der Waals surface area contributed by atoms with Crippen molar-refractivity contribution in [2.75, 3.05) is 20.6 Å². The highest BCUT2D eigenvalue weighted by Gasteiger charge is 2.38. The van der Waals surface area contributed by atoms with Crippen LogP contribution in [0, 0.1) is 0 Å². The number of aliphatic hydroxyl groups is 1. The number of hydrogen-bond donors (Lipinski definition) is 1. The molecular formula is C6H13N2O2+. The predicted octanol–water partition coefficient (Wildman–Crippen LogP) is -0.842. The number of aliphatic hydroxyl groups excluding tert-OH is 1. The largest absolute Gasteiger partial charge is 0.369 e. The first kappa shape index (κ1) is 7.50. The highest BCUT2D eigenvalue weighted by atomic mass is 16.3. The van der Waals surface area contributed by atoms with Gasteiger partial charge >= 0.3 is 0 Å². The number of carbonyl (C=O) groups excluding carboxylic acids is 1. The Morgan fingerprint density at radius 2 is 2.30 bits per heavy atom. The first-order valence-corrected chi connectivity index (χ1v) is 3.33. The maximum absolute atomic E-state index is 10.4. The summed E-state index contributed by atoms with van der Waals surface area (Å²) in [7, 11) is 3.79. The van der Waals surface area contributed by atoms with Gasteiger partial charge in [-0.25, -0.2) is 4.59 Å². The standard InChI is InChI=1S/C6H13N2O2/c1-8(2)4-3-6(10)7(8)5-9/h5-6,10H,3-4H2,1-2H3/q+1/t6-/m1/s1. The van der Waals surface area contributed by atoms with E-state index in [9.17, 15) is 9.90 Å². The molecule has 4 nitrogen and oxygen atoms in total. The van der Waals surface area contributed by atoms with Crippen LogP contribution in [0.3, 0.4) is 0 Å². The van der Waals surface area contributed by atoms with Gasteiger partial charge < -0.3 is 5.11 Å². The predicted molar refractivity (Wildman–Crippen MR) is 35.5 cm³/mol. The van der Waals surface area contributed by atoms with E-state index in [1.807, 2.05) is 14.1 Å². The molecule has 0 aromatic heterocycles. The molecule has 1 fully saturated rings. The van der Waals surface area contributed by atoms with Gasteiger partial charge in [0.2, 0.25) is 0 Å². The van der Waals surface area contributed by atoms with E-state index in [0.717, 1.165) is 6.54 Å². The summed E-state index contributed by atoms with van der Waals surface area (Å²) in [6, 6.07) is 0. The minimum absolute atomic E-state index is 0.463. The Morgan fingerprint density at radius 1 is 1.70 bits per heavy atom. The number of nitrogens with zero attached hydrogens (tertiary/aromatic N) is 2. The molecule has 58 valence electrons. The van der Waals surface area contributed by atoms with E-state index < -0.39 is 6.23 Å². The Bertz CT molecular complexity index is 147. The summed E-state index contributed by atoms with van der Waals surface area (Å²) in [4.78, 5) is 10.4. The minimum Gasteiger partial charge on any atom is -0.369 e. The monoisotopic (exact) mass is 145 g/mol. The highest BCUT2D eigenvalue weighted by molar-refractivity contribution is 5.45. The molecule has 0 radical (unpaired) electrons. The van der Waals surface area contributed by atoms with Crippen LogP contribution in [-0.4, -0.2) is 48.0 Å². The third-order valence-electron chi connectivity index (χ3n) is 1.97. The summed E-state index contributed by atoms with van der Waals surface area (Å²) < 4.78 is 0.463. The number of hydrogen-bond acceptors (Lipinski definition) is 2. The third-order valence-corrected chi connectivity index (χ3v) is 1.97. The van der Waals surface area contributed by atoms with Crippen LogP contribution in [0.25, 0.3) is 0 Å². The van der Waals surface area contributed by atoms with Crippen molar-refractivity contribution in [3.63, 3.8) is 0 Å². The van der Waals surface area contributed by atoms with Crippen LogP contribution in [0.1, 0.15) is 6.42 Å². The summed E-state index contributed by atoms with van der Waals surface area (Å²) in [6.45, 7) is 0.819. The lowest BCUT2D eigenvalue weighted by Gasteiger charge is -2.30. The van der Waals surface area contributed by atoms with Gasteiger partial charge in [0.1, 0.15) is 6.54 Å². The van der Waals surface area contributed by atoms with Gasteiger partial charge in [-0.2, -0.15) is 5.01 Å². The van der Waals surface area contributed by atoms with Crippen LogP contribution < -0.4 is 0 Å². The van der Waals surface area contributed by atoms with E-state index >= 15 is 0 Å². The zero-order chi connectivity index (χ0) is 7.78. The molecule has 1 amide bonds. The van der Waals surface area contributed by atoms with Crippen LogP contribution >= 0.6 is 0 Å². The fraction of sp³-hybridized carbons (Fsp3) is 0.833. The summed E-state index contributed by atoms with van der Waals surface area (Å²) in [5.41, 5.74) is 0. The van der Waals surface area contributed by atoms with Crippen LogP contribution in [-0.2, 0) is 4.79 Å². The number of carbonyl (C=O) groups is 1. The van der Waals surface area contributed by atoms with Gasteiger partial charge in [-0.05, 0) is 0 Å². The summed E-state index contributed by atoms with van der Waals surface area (Å²) in [5.74, 6) is 0. The molecule has 0 unspecified atom stereocenters. The molecule has 1 aliphatic rings. The zero-order valence-corrected chi connectivity index (χ0v) is 6.32. The number of quaternary nitrogens is 1. The zero-order valence-electron chi connectivity index (χ0n) is 6.32. The lowest BCUT2D eigenvalue weighted by Crippen LogP contribution is -2.51. The molecule has 0 aliphatic carbocycles. The van der Waals surface area contributed by atoms with Crippen LogP contribution in [0.4, 0.5) is 0 Å². The fourth-order valence-electron chi connectivity index (χ4n) is 1.24. The third kappa shape index (κ3) is 0.998. The highest BCUT2D eigenvalue weighted by Crippen LogP contribution is 2.18. The lowest BCUT2D eigenvalue weighted by atomic mass is 10.4. The second kappa shape index (κ2) is 2.21. The van der Waals surface area contributed by atoms with Crippen LogP contribution in [0.5, 0.6) is 0 Å². The summed E-state index contributed by atoms with van der Waals surface area (Å²) in [5, 5.41) is 10.6. The molecule has 10 heavy (non-hydrogen) atoms. The second-order valence-electron chi connectivity index (χ2n) is 3.10. The van der Waals surface area contributed by atoms with Gasteiger partial charge in [-0.15, -0.1) is 0 Å². The van der Waals surface area contributed by atoms with Gasteiger partial charge in [-0.3, -0.25) is 4.79 Å². The molecule has 1 rings (SSSR count). The molecule has 0 spiro atoms. The number of rotatable bonds is 1. The molecule has 0 bridgehead atoms. The molecule has 0 aromatic carbocycles. The first-order valence-electron chi connectivity index (χ1n) is 3.33. The van der Waals surface area contributed by atoms with Gasteiger partial charge in [0.05, 0.1) is 14.1 Å². The summed E-state index contributed by atoms with van der Waals surface area (Å²) >= 11 is 0. The maximum Gasteiger partial charge on any atom is 0.258 e. The van der Waals surface area contributed by atoms with Crippen LogP contribution in [0.2, 0.25) is 0 Å². The van der Waals surface area contributed by atoms with Gasteiger partial charge in [0, 0.05) is 6.42 Å². The van der Waals surface area contributed by atoms with Gasteiger partial charge in [0.15, 0.2) is 6.23 Å². The smallest absolute Gasteiger partial charge is 0.258 e. The van der Waals surface area contributed by atoms with Crippen molar-refractivity contribution in [1.82, 2.24) is 5.01 Å². The molecule has 1 atom stereocenters. The Labute approximate surface area is 60.2 Å². The average Bonchev–Trinajstić information content (AvgIpc) is 2.07. The molecule has 1 saturated heterocycles. The lowest BCUT2D eigenvalue weighted by molar-refractivity contribution is -0.979. The molecule has 0 aromatic rings. The van der Waals surface area contributed by atoms with Crippen molar-refractivity contribution in [2.45, 2.75) is 12.6 Å². The molecule has 1 N–H and O–H groups in total. The van der Waals surface area contributed by atoms with E-state index in [4.69, 9.17) is 0 Å². The summed E-state index contributed by atoms with van der Waals surface area (Å²) in [6.07, 6.45) is 0.774. The molecule has 0 saturated carbocycles. The van der Waals surface area contributed by atoms with Gasteiger partial charge in [0.25, 0.3) is 6.41 Å². The van der Waals surface area contributed by atoms with E-state index in [1.54, 1.807) is 0 Å². The van der Waals surface area contributed by atoms with Crippen molar-refractivity contribution in [1.29, 1.82) is 0 Å². The Balaban J connectivity index is 2.72. The Hall–Kier alpha value is -0.610. The van der Waals surface area contributed by atoms with Crippen LogP contribution in [0.15, 0.2) is 0 Å². The molecule has 1 aliphatic heterocycles. The van der Waals surface area contributed by atoms with Crippen molar-refractivity contribution in [3.05, 3.63) is 0 Å². The quantitative estimate of drug-likeness (QED) is 0.386. The molecule has 1 heterocycles. The first-order chi connectivity index (χ1) is 4.58.